The molecule has 1 amide bonds. The summed E-state index contributed by atoms with van der Waals surface area (Å²) in [4.78, 5) is 25.4. The Hall–Kier alpha value is -1.95. The number of hydrogen-bond donors (Lipinski definition) is 0. The number of likely N-dealkylation sites (N-methyl/N-ethyl adjacent to an activating group) is 1. The second-order valence-corrected chi connectivity index (χ2v) is 5.24. The van der Waals surface area contributed by atoms with Gasteiger partial charge in [-0.1, -0.05) is 6.07 Å². The van der Waals surface area contributed by atoms with E-state index in [2.05, 4.69) is 4.74 Å². The van der Waals surface area contributed by atoms with Crippen LogP contribution in [-0.2, 0) is 9.53 Å². The smallest absolute Gasteiger partial charge is 0.325 e. The number of rotatable bonds is 4. The number of methoxy groups -OCH3 is 1. The predicted octanol–water partition coefficient (Wildman–Crippen LogP) is 2.68. The third-order valence-corrected chi connectivity index (χ3v) is 4.02. The molecule has 4 nitrogen and oxygen atoms in total. The van der Waals surface area contributed by atoms with Gasteiger partial charge in [0.05, 0.1) is 12.0 Å². The fraction of sp³-hybridized carbons (Fsp3) is 0.286. The molecule has 1 aromatic heterocycles. The highest BCUT2D eigenvalue weighted by Crippen LogP contribution is 2.28. The molecule has 0 aliphatic rings. The summed E-state index contributed by atoms with van der Waals surface area (Å²) in [7, 11) is 1.27. The Morgan fingerprint density at radius 2 is 2.15 bits per heavy atom. The van der Waals surface area contributed by atoms with Gasteiger partial charge >= 0.3 is 5.97 Å². The van der Waals surface area contributed by atoms with Crippen molar-refractivity contribution in [1.29, 1.82) is 0 Å². The van der Waals surface area contributed by atoms with Crippen molar-refractivity contribution in [2.75, 3.05) is 20.2 Å². The summed E-state index contributed by atoms with van der Waals surface area (Å²) in [6.07, 6.45) is 0. The van der Waals surface area contributed by atoms with Gasteiger partial charge in [-0.2, -0.15) is 0 Å². The normalized spacial score (nSPS) is 10.6. The van der Waals surface area contributed by atoms with Crippen LogP contribution < -0.4 is 0 Å². The molecule has 0 saturated heterocycles. The summed E-state index contributed by atoms with van der Waals surface area (Å²) in [5, 5.41) is 0.426. The Balaban J connectivity index is 2.30. The van der Waals surface area contributed by atoms with Gasteiger partial charge in [-0.3, -0.25) is 9.59 Å². The number of nitrogens with zero attached hydrogens (tertiary/aromatic N) is 1. The van der Waals surface area contributed by atoms with E-state index in [1.165, 1.54) is 35.5 Å². The summed E-state index contributed by atoms with van der Waals surface area (Å²) < 4.78 is 18.9. The largest absolute Gasteiger partial charge is 0.468 e. The molecule has 0 aliphatic carbocycles. The van der Waals surface area contributed by atoms with Gasteiger partial charge in [0.15, 0.2) is 0 Å². The van der Waals surface area contributed by atoms with E-state index in [1.54, 1.807) is 19.1 Å². The lowest BCUT2D eigenvalue weighted by Gasteiger charge is -2.18. The fourth-order valence-electron chi connectivity index (χ4n) is 1.83. The van der Waals surface area contributed by atoms with Crippen LogP contribution in [0.5, 0.6) is 0 Å². The number of halogens is 1. The summed E-state index contributed by atoms with van der Waals surface area (Å²) >= 11 is 1.21. The molecule has 2 aromatic rings. The van der Waals surface area contributed by atoms with Gasteiger partial charge in [0.25, 0.3) is 5.91 Å². The molecular formula is C14H14FNO3S. The molecular weight excluding hydrogens is 281 g/mol. The van der Waals surface area contributed by atoms with Gasteiger partial charge in [-0.25, -0.2) is 4.39 Å². The molecule has 0 radical (unpaired) electrons. The molecule has 0 N–H and O–H groups in total. The minimum absolute atomic E-state index is 0.109. The molecule has 106 valence electrons. The first-order chi connectivity index (χ1) is 9.56. The topological polar surface area (TPSA) is 46.6 Å². The number of esters is 1. The molecule has 0 bridgehead atoms. The van der Waals surface area contributed by atoms with Crippen molar-refractivity contribution >= 4 is 33.3 Å². The van der Waals surface area contributed by atoms with Crippen LogP contribution in [0.3, 0.4) is 0 Å². The Kier molecular flexibility index (Phi) is 4.34. The molecule has 0 unspecified atom stereocenters. The zero-order chi connectivity index (χ0) is 14.7. The first-order valence-electron chi connectivity index (χ1n) is 6.11. The lowest BCUT2D eigenvalue weighted by Crippen LogP contribution is -2.35. The standard InChI is InChI=1S/C14H14FNO3S/c1-3-16(8-13(17)19-2)14(18)12-7-9-10(15)5-4-6-11(9)20-12/h4-7H,3,8H2,1-2H3. The van der Waals surface area contributed by atoms with Gasteiger partial charge in [-0.15, -0.1) is 11.3 Å². The SMILES string of the molecule is CCN(CC(=O)OC)C(=O)c1cc2c(F)cccc2s1. The number of hydrogen-bond acceptors (Lipinski definition) is 4. The highest BCUT2D eigenvalue weighted by Gasteiger charge is 2.20. The zero-order valence-electron chi connectivity index (χ0n) is 11.2. The van der Waals surface area contributed by atoms with Crippen molar-refractivity contribution < 1.29 is 18.7 Å². The first kappa shape index (κ1) is 14.5. The molecule has 0 atom stereocenters. The Labute approximate surface area is 119 Å². The van der Waals surface area contributed by atoms with E-state index in [-0.39, 0.29) is 18.3 Å². The molecule has 1 heterocycles. The average Bonchev–Trinajstić information content (AvgIpc) is 2.89. The third kappa shape index (κ3) is 2.80. The first-order valence-corrected chi connectivity index (χ1v) is 6.92. The molecule has 0 fully saturated rings. The molecule has 0 saturated carbocycles. The fourth-order valence-corrected chi connectivity index (χ4v) is 2.88. The van der Waals surface area contributed by atoms with Crippen molar-refractivity contribution in [1.82, 2.24) is 4.90 Å². The van der Waals surface area contributed by atoms with E-state index < -0.39 is 5.97 Å². The van der Waals surface area contributed by atoms with Gasteiger partial charge in [0, 0.05) is 16.6 Å². The summed E-state index contributed by atoms with van der Waals surface area (Å²) in [5.41, 5.74) is 0. The number of thiophene rings is 1. The summed E-state index contributed by atoms with van der Waals surface area (Å²) in [5.74, 6) is -1.13. The van der Waals surface area contributed by atoms with Gasteiger partial charge in [0.2, 0.25) is 0 Å². The predicted molar refractivity (Wildman–Crippen MR) is 75.4 cm³/mol. The van der Waals surface area contributed by atoms with Gasteiger partial charge < -0.3 is 9.64 Å². The highest BCUT2D eigenvalue weighted by molar-refractivity contribution is 7.20. The maximum Gasteiger partial charge on any atom is 0.325 e. The number of benzene rings is 1. The molecule has 0 aliphatic heterocycles. The summed E-state index contributed by atoms with van der Waals surface area (Å²) in [6.45, 7) is 2.04. The highest BCUT2D eigenvalue weighted by atomic mass is 32.1. The van der Waals surface area contributed by atoms with Crippen molar-refractivity contribution in [3.8, 4) is 0 Å². The lowest BCUT2D eigenvalue weighted by atomic mass is 10.2. The monoisotopic (exact) mass is 295 g/mol. The van der Waals surface area contributed by atoms with Gasteiger partial charge in [0.1, 0.15) is 12.4 Å². The van der Waals surface area contributed by atoms with Crippen LogP contribution in [0.2, 0.25) is 0 Å². The molecule has 6 heteroatoms. The Morgan fingerprint density at radius 3 is 2.75 bits per heavy atom. The molecule has 2 rings (SSSR count). The van der Waals surface area contributed by atoms with E-state index in [0.29, 0.717) is 21.5 Å². The van der Waals surface area contributed by atoms with Crippen molar-refractivity contribution in [2.24, 2.45) is 0 Å². The quantitative estimate of drug-likeness (QED) is 0.815. The molecule has 1 aromatic carbocycles. The Morgan fingerprint density at radius 1 is 1.40 bits per heavy atom. The van der Waals surface area contributed by atoms with Crippen LogP contribution in [-0.4, -0.2) is 37.0 Å². The number of fused-ring (bicyclic) bond motifs is 1. The average molecular weight is 295 g/mol. The second kappa shape index (κ2) is 6.00. The number of amides is 1. The number of carbonyl (C=O) groups is 2. The van der Waals surface area contributed by atoms with Gasteiger partial charge in [-0.05, 0) is 25.1 Å². The van der Waals surface area contributed by atoms with E-state index in [9.17, 15) is 14.0 Å². The van der Waals surface area contributed by atoms with Crippen LogP contribution in [0.4, 0.5) is 4.39 Å². The maximum absolute atomic E-state index is 13.6. The number of carbonyl (C=O) groups excluding carboxylic acids is 2. The van der Waals surface area contributed by atoms with Crippen LogP contribution in [0, 0.1) is 5.82 Å². The van der Waals surface area contributed by atoms with E-state index in [4.69, 9.17) is 0 Å². The molecule has 20 heavy (non-hydrogen) atoms. The lowest BCUT2D eigenvalue weighted by molar-refractivity contribution is -0.141. The molecule has 0 spiro atoms. The number of ether oxygens (including phenoxy) is 1. The van der Waals surface area contributed by atoms with Crippen LogP contribution in [0.15, 0.2) is 24.3 Å². The van der Waals surface area contributed by atoms with Crippen LogP contribution in [0.25, 0.3) is 10.1 Å². The summed E-state index contributed by atoms with van der Waals surface area (Å²) in [6, 6.07) is 6.25. The zero-order valence-corrected chi connectivity index (χ0v) is 12.0. The van der Waals surface area contributed by atoms with E-state index in [1.807, 2.05) is 0 Å². The van der Waals surface area contributed by atoms with Crippen LogP contribution in [0.1, 0.15) is 16.6 Å². The minimum atomic E-state index is -0.479. The van der Waals surface area contributed by atoms with E-state index >= 15 is 0 Å². The van der Waals surface area contributed by atoms with E-state index in [0.717, 1.165) is 0 Å². The van der Waals surface area contributed by atoms with Crippen molar-refractivity contribution in [3.05, 3.63) is 35.0 Å². The Bertz CT molecular complexity index is 653. The maximum atomic E-state index is 13.6. The third-order valence-electron chi connectivity index (χ3n) is 2.94. The minimum Gasteiger partial charge on any atom is -0.468 e. The van der Waals surface area contributed by atoms with Crippen molar-refractivity contribution in [3.63, 3.8) is 0 Å². The van der Waals surface area contributed by atoms with Crippen LogP contribution >= 0.6 is 11.3 Å². The second-order valence-electron chi connectivity index (χ2n) is 4.16. The van der Waals surface area contributed by atoms with Crippen molar-refractivity contribution in [2.45, 2.75) is 6.92 Å².